The molecule has 21 nitrogen and oxygen atoms in total. The van der Waals surface area contributed by atoms with Crippen LogP contribution in [0.2, 0.25) is 10.0 Å². The van der Waals surface area contributed by atoms with E-state index in [1.54, 1.807) is 30.3 Å². The summed E-state index contributed by atoms with van der Waals surface area (Å²) < 4.78 is 25.9. The number of nitrogens with one attached hydrogen (secondary N) is 2. The SMILES string of the molecule is C=C1C[C@@H](C(=O)OC)N(C(=O)[C@@H](NC(=O)CC2CCCCC2)C(C)(C)C)C1.CCOc1ccc(/C(Cl)=N/O)cc1Cl.CCOc1ccc(/C=N/O)cc1.CCOc1ccc(C2=NO[C@]3(C2)C[C@@H](C(=O)OC)N(C(=O)[C@@H](NC(=O)CC2CCCCC2)C(C)(C)C)C3)cc1Cl. The Balaban J connectivity index is 0.000000252. The van der Waals surface area contributed by atoms with Crippen molar-refractivity contribution < 1.29 is 67.7 Å². The Bertz CT molecular complexity index is 3100. The normalized spacial score (nSPS) is 19.9. The smallest absolute Gasteiger partial charge is 0.328 e. The van der Waals surface area contributed by atoms with Gasteiger partial charge in [0.15, 0.2) is 10.8 Å². The number of hydrogen-bond acceptors (Lipinski definition) is 17. The number of esters is 2. The fourth-order valence-electron chi connectivity index (χ4n) is 11.9. The summed E-state index contributed by atoms with van der Waals surface area (Å²) in [6.07, 6.45) is 14.6. The highest BCUT2D eigenvalue weighted by atomic mass is 35.5. The molecule has 0 bridgehead atoms. The Kier molecular flexibility index (Phi) is 30.1. The summed E-state index contributed by atoms with van der Waals surface area (Å²) in [6, 6.07) is 14.7. The van der Waals surface area contributed by atoms with Gasteiger partial charge in [0.1, 0.15) is 41.4 Å². The van der Waals surface area contributed by atoms with Gasteiger partial charge in [-0.25, -0.2) is 9.59 Å². The number of benzene rings is 3. The molecule has 5 aliphatic rings. The van der Waals surface area contributed by atoms with Gasteiger partial charge < -0.3 is 59.4 Å². The second kappa shape index (κ2) is 36.5. The third-order valence-electron chi connectivity index (χ3n) is 16.8. The Labute approximate surface area is 563 Å². The number of halogens is 3. The van der Waals surface area contributed by atoms with Gasteiger partial charge in [-0.05, 0) is 135 Å². The van der Waals surface area contributed by atoms with Crippen LogP contribution in [0.15, 0.2) is 88.3 Å². The number of nitrogens with zero attached hydrogens (tertiary/aromatic N) is 5. The van der Waals surface area contributed by atoms with E-state index in [1.165, 1.54) is 55.9 Å². The van der Waals surface area contributed by atoms with Crippen molar-refractivity contribution in [3.63, 3.8) is 0 Å². The Hall–Kier alpha value is -7.10. The predicted molar refractivity (Wildman–Crippen MR) is 360 cm³/mol. The topological polar surface area (TPSA) is 266 Å². The van der Waals surface area contributed by atoms with Crippen LogP contribution >= 0.6 is 34.8 Å². The zero-order valence-electron chi connectivity index (χ0n) is 55.8. The number of carbonyl (C=O) groups is 6. The van der Waals surface area contributed by atoms with Crippen LogP contribution in [0.1, 0.15) is 175 Å². The van der Waals surface area contributed by atoms with Crippen LogP contribution in [0, 0.1) is 22.7 Å². The number of carbonyl (C=O) groups excluding carboxylic acids is 6. The van der Waals surface area contributed by atoms with Crippen LogP contribution in [0.5, 0.6) is 17.2 Å². The van der Waals surface area contributed by atoms with E-state index in [4.69, 9.17) is 73.7 Å². The molecule has 3 aliphatic heterocycles. The van der Waals surface area contributed by atoms with E-state index >= 15 is 0 Å². The Morgan fingerprint density at radius 1 is 0.710 bits per heavy atom. The monoisotopic (exact) mass is 1350 g/mol. The average Bonchev–Trinajstić information content (AvgIpc) is 1.61. The first-order valence-corrected chi connectivity index (χ1v) is 33.2. The second-order valence-electron chi connectivity index (χ2n) is 26.1. The maximum absolute atomic E-state index is 14.1. The molecule has 3 heterocycles. The largest absolute Gasteiger partial charge is 0.494 e. The molecule has 2 aliphatic carbocycles. The fraction of sp³-hybridized carbons (Fsp3) is 0.580. The van der Waals surface area contributed by atoms with Gasteiger partial charge in [-0.3, -0.25) is 19.2 Å². The summed E-state index contributed by atoms with van der Waals surface area (Å²) in [5.41, 5.74) is 1.74. The van der Waals surface area contributed by atoms with Gasteiger partial charge in [0.05, 0.1) is 62.6 Å². The van der Waals surface area contributed by atoms with Crippen LogP contribution in [-0.4, -0.2) is 150 Å². The first-order valence-electron chi connectivity index (χ1n) is 32.0. The zero-order valence-corrected chi connectivity index (χ0v) is 58.1. The van der Waals surface area contributed by atoms with Gasteiger partial charge in [-0.1, -0.05) is 142 Å². The molecule has 0 radical (unpaired) electrons. The van der Waals surface area contributed by atoms with Crippen molar-refractivity contribution in [2.75, 3.05) is 47.1 Å². The van der Waals surface area contributed by atoms with Crippen molar-refractivity contribution in [1.82, 2.24) is 20.4 Å². The van der Waals surface area contributed by atoms with Crippen molar-refractivity contribution >= 4 is 87.5 Å². The number of ether oxygens (including phenoxy) is 5. The number of methoxy groups -OCH3 is 2. The zero-order chi connectivity index (χ0) is 68.6. The maximum atomic E-state index is 14.1. The second-order valence-corrected chi connectivity index (χ2v) is 27.3. The van der Waals surface area contributed by atoms with Gasteiger partial charge in [-0.2, -0.15) is 0 Å². The van der Waals surface area contributed by atoms with Crippen molar-refractivity contribution in [3.05, 3.63) is 99.6 Å². The van der Waals surface area contributed by atoms with E-state index in [-0.39, 0.29) is 41.8 Å². The molecule has 0 unspecified atom stereocenters. The molecule has 2 saturated carbocycles. The summed E-state index contributed by atoms with van der Waals surface area (Å²) in [5, 5.41) is 33.7. The van der Waals surface area contributed by atoms with E-state index in [0.29, 0.717) is 96.7 Å². The van der Waals surface area contributed by atoms with Crippen LogP contribution < -0.4 is 24.8 Å². The molecule has 8 rings (SSSR count). The van der Waals surface area contributed by atoms with E-state index < -0.39 is 52.5 Å². The van der Waals surface area contributed by atoms with Crippen LogP contribution in [-0.2, 0) is 43.1 Å². The summed E-state index contributed by atoms with van der Waals surface area (Å²) >= 11 is 17.9. The molecule has 4 N–H and O–H groups in total. The van der Waals surface area contributed by atoms with E-state index in [9.17, 15) is 28.8 Å². The van der Waals surface area contributed by atoms with Crippen molar-refractivity contribution in [2.24, 2.45) is 38.1 Å². The number of oxime groups is 3. The molecule has 24 heteroatoms. The first kappa shape index (κ1) is 76.6. The molecule has 5 atom stereocenters. The van der Waals surface area contributed by atoms with Gasteiger partial charge in [0.25, 0.3) is 0 Å². The lowest BCUT2D eigenvalue weighted by molar-refractivity contribution is -0.153. The Morgan fingerprint density at radius 2 is 1.20 bits per heavy atom. The lowest BCUT2D eigenvalue weighted by atomic mass is 9.84. The highest BCUT2D eigenvalue weighted by Crippen LogP contribution is 2.41. The summed E-state index contributed by atoms with van der Waals surface area (Å²) in [7, 11) is 2.63. The third-order valence-corrected chi connectivity index (χ3v) is 17.6. The minimum absolute atomic E-state index is 0.00468. The van der Waals surface area contributed by atoms with Crippen LogP contribution in [0.4, 0.5) is 0 Å². The molecule has 1 spiro atoms. The summed E-state index contributed by atoms with van der Waals surface area (Å²) in [4.78, 5) is 87.0. The highest BCUT2D eigenvalue weighted by Gasteiger charge is 2.56. The minimum atomic E-state index is -0.885. The molecule has 93 heavy (non-hydrogen) atoms. The average molecular weight is 1350 g/mol. The quantitative estimate of drug-likeness (QED) is 0.0286. The summed E-state index contributed by atoms with van der Waals surface area (Å²) in [5.74, 6) is 1.02. The predicted octanol–water partition coefficient (Wildman–Crippen LogP) is 12.7. The van der Waals surface area contributed by atoms with Gasteiger partial charge in [0, 0.05) is 49.8 Å². The van der Waals surface area contributed by atoms with Crippen molar-refractivity contribution in [1.29, 1.82) is 0 Å². The van der Waals surface area contributed by atoms with Crippen molar-refractivity contribution in [2.45, 2.75) is 188 Å². The number of amides is 4. The molecule has 0 aromatic heterocycles. The van der Waals surface area contributed by atoms with E-state index in [0.717, 1.165) is 61.0 Å². The first-order chi connectivity index (χ1) is 44.1. The lowest BCUT2D eigenvalue weighted by Gasteiger charge is -2.35. The Morgan fingerprint density at radius 3 is 1.67 bits per heavy atom. The molecule has 3 aromatic carbocycles. The molecular formula is C69H96Cl3N7O14. The maximum Gasteiger partial charge on any atom is 0.328 e. The van der Waals surface area contributed by atoms with Gasteiger partial charge >= 0.3 is 11.9 Å². The number of hydrogen-bond donors (Lipinski definition) is 4. The molecule has 4 fully saturated rings. The molecular weight excluding hydrogens is 1260 g/mol. The lowest BCUT2D eigenvalue weighted by Crippen LogP contribution is -2.57. The highest BCUT2D eigenvalue weighted by molar-refractivity contribution is 6.69. The van der Waals surface area contributed by atoms with E-state index in [2.05, 4.69) is 32.7 Å². The van der Waals surface area contributed by atoms with Crippen LogP contribution in [0.25, 0.3) is 0 Å². The molecule has 2 saturated heterocycles. The fourth-order valence-corrected chi connectivity index (χ4v) is 12.5. The third kappa shape index (κ3) is 22.8. The van der Waals surface area contributed by atoms with Crippen LogP contribution in [0.3, 0.4) is 0 Å². The van der Waals surface area contributed by atoms with Gasteiger partial charge in [0.2, 0.25) is 23.6 Å². The summed E-state index contributed by atoms with van der Waals surface area (Å²) in [6.45, 7) is 23.3. The molecule has 3 aromatic rings. The van der Waals surface area contributed by atoms with Crippen molar-refractivity contribution in [3.8, 4) is 17.2 Å². The molecule has 512 valence electrons. The van der Waals surface area contributed by atoms with Gasteiger partial charge in [-0.15, -0.1) is 0 Å². The number of likely N-dealkylation sites (tertiary alicyclic amines) is 2. The number of rotatable bonds is 19. The molecule has 4 amide bonds. The standard InChI is InChI=1S/C30H42ClN3O6.C21H34N2O4.C9H9Cl2NO2.C9H11NO2/c1-6-39-24-13-12-20(15-21(24)31)22-16-30(40-33-22)17-23(28(37)38-5)34(18-30)27(36)26(29(2,3)4)32-25(35)14-19-10-8-7-9-11-19;1-14-11-16(20(26)27-5)23(13-14)19(25)18(21(2,3)4)22-17(24)12-15-9-7-6-8-10-15;1-2-14-8-4-3-6(5-7(8)10)9(11)12-13;1-2-12-9-5-3-8(4-6-9)7-10-11/h12-13,15,19,23,26H,6-11,14,16-18H2,1-5H3,(H,32,35);15-16,18H,1,6-13H2,2-5H3,(H,22,24);3-5,13H,2H2,1H3;3-7,11H,2H2,1H3/b;;12-9-;10-7+/t23-,26+,30+;16-,18+;;/m00../s1. The van der Waals surface area contributed by atoms with E-state index in [1.807, 2.05) is 92.6 Å². The minimum Gasteiger partial charge on any atom is -0.494 e.